The second-order valence-corrected chi connectivity index (χ2v) is 6.02. The van der Waals surface area contributed by atoms with Gasteiger partial charge >= 0.3 is 0 Å². The van der Waals surface area contributed by atoms with E-state index >= 15 is 0 Å². The van der Waals surface area contributed by atoms with E-state index in [2.05, 4.69) is 5.32 Å². The van der Waals surface area contributed by atoms with Crippen LogP contribution in [0.1, 0.15) is 11.1 Å². The van der Waals surface area contributed by atoms with Crippen LogP contribution >= 0.6 is 23.4 Å². The summed E-state index contributed by atoms with van der Waals surface area (Å²) in [5.41, 5.74) is 2.66. The Hall–Kier alpha value is -1.52. The molecule has 110 valence electrons. The van der Waals surface area contributed by atoms with E-state index in [1.54, 1.807) is 18.2 Å². The molecule has 0 atom stereocenters. The molecule has 2 aromatic carbocycles. The van der Waals surface area contributed by atoms with Crippen LogP contribution in [0.3, 0.4) is 0 Å². The fourth-order valence-electron chi connectivity index (χ4n) is 1.71. The highest BCUT2D eigenvalue weighted by Gasteiger charge is 2.04. The predicted octanol–water partition coefficient (Wildman–Crippen LogP) is 4.66. The van der Waals surface area contributed by atoms with Gasteiger partial charge in [-0.15, -0.1) is 11.8 Å². The maximum atomic E-state index is 12.8. The first kappa shape index (κ1) is 15.9. The van der Waals surface area contributed by atoms with Gasteiger partial charge in [0, 0.05) is 16.5 Å². The molecule has 0 fully saturated rings. The molecule has 0 aliphatic heterocycles. The van der Waals surface area contributed by atoms with Crippen molar-refractivity contribution in [3.63, 3.8) is 0 Å². The van der Waals surface area contributed by atoms with Crippen molar-refractivity contribution >= 4 is 35.0 Å². The molecule has 0 saturated heterocycles. The van der Waals surface area contributed by atoms with Crippen molar-refractivity contribution in [3.8, 4) is 0 Å². The number of carbonyl (C=O) groups excluding carboxylic acids is 1. The largest absolute Gasteiger partial charge is 0.325 e. The number of hydrogen-bond acceptors (Lipinski definition) is 2. The zero-order valence-electron chi connectivity index (χ0n) is 11.5. The molecule has 0 bridgehead atoms. The zero-order valence-corrected chi connectivity index (χ0v) is 13.1. The summed E-state index contributed by atoms with van der Waals surface area (Å²) in [7, 11) is 0. The normalized spacial score (nSPS) is 10.4. The summed E-state index contributed by atoms with van der Waals surface area (Å²) >= 11 is 7.49. The van der Waals surface area contributed by atoms with Gasteiger partial charge in [-0.05, 0) is 42.3 Å². The highest BCUT2D eigenvalue weighted by molar-refractivity contribution is 7.99. The van der Waals surface area contributed by atoms with Gasteiger partial charge in [0.2, 0.25) is 5.91 Å². The molecule has 0 heterocycles. The van der Waals surface area contributed by atoms with E-state index in [9.17, 15) is 9.18 Å². The quantitative estimate of drug-likeness (QED) is 0.867. The third kappa shape index (κ3) is 5.06. The molecule has 1 amide bonds. The summed E-state index contributed by atoms with van der Waals surface area (Å²) in [4.78, 5) is 11.8. The monoisotopic (exact) mass is 323 g/mol. The number of amides is 1. The smallest absolute Gasteiger partial charge is 0.234 e. The lowest BCUT2D eigenvalue weighted by molar-refractivity contribution is -0.113. The summed E-state index contributed by atoms with van der Waals surface area (Å²) in [6.45, 7) is 1.91. The number of halogens is 2. The van der Waals surface area contributed by atoms with Gasteiger partial charge < -0.3 is 5.32 Å². The van der Waals surface area contributed by atoms with Gasteiger partial charge in [-0.3, -0.25) is 4.79 Å². The Balaban J connectivity index is 1.79. The van der Waals surface area contributed by atoms with Gasteiger partial charge in [0.1, 0.15) is 5.82 Å². The number of anilines is 1. The molecule has 0 aliphatic carbocycles. The van der Waals surface area contributed by atoms with E-state index in [0.29, 0.717) is 22.2 Å². The van der Waals surface area contributed by atoms with Gasteiger partial charge in [-0.1, -0.05) is 29.8 Å². The average molecular weight is 324 g/mol. The van der Waals surface area contributed by atoms with Gasteiger partial charge in [-0.25, -0.2) is 4.39 Å². The molecule has 0 aliphatic rings. The molecular formula is C16H15ClFNOS. The Kier molecular flexibility index (Phi) is 5.65. The Bertz CT molecular complexity index is 631. The Morgan fingerprint density at radius 3 is 2.62 bits per heavy atom. The van der Waals surface area contributed by atoms with E-state index in [0.717, 1.165) is 11.1 Å². The van der Waals surface area contributed by atoms with Crippen LogP contribution in [-0.4, -0.2) is 11.7 Å². The van der Waals surface area contributed by atoms with Crippen molar-refractivity contribution in [3.05, 3.63) is 64.4 Å². The van der Waals surface area contributed by atoms with Crippen LogP contribution < -0.4 is 5.32 Å². The molecule has 2 aromatic rings. The van der Waals surface area contributed by atoms with E-state index in [-0.39, 0.29) is 11.7 Å². The van der Waals surface area contributed by atoms with E-state index < -0.39 is 0 Å². The minimum absolute atomic E-state index is 0.0815. The number of rotatable bonds is 5. The third-order valence-corrected chi connectivity index (χ3v) is 4.28. The molecule has 21 heavy (non-hydrogen) atoms. The Morgan fingerprint density at radius 1 is 1.24 bits per heavy atom. The molecular weight excluding hydrogens is 309 g/mol. The molecule has 2 rings (SSSR count). The van der Waals surface area contributed by atoms with Gasteiger partial charge in [-0.2, -0.15) is 0 Å². The molecule has 5 heteroatoms. The standard InChI is InChI=1S/C16H15ClFNOS/c1-11-2-7-14(8-15(11)17)19-16(20)10-21-9-12-3-5-13(18)6-4-12/h2-8H,9-10H2,1H3,(H,19,20). The first-order valence-corrected chi connectivity index (χ1v) is 7.96. The lowest BCUT2D eigenvalue weighted by atomic mass is 10.2. The van der Waals surface area contributed by atoms with Gasteiger partial charge in [0.25, 0.3) is 0 Å². The second-order valence-electron chi connectivity index (χ2n) is 4.63. The Morgan fingerprint density at radius 2 is 1.95 bits per heavy atom. The number of hydrogen-bond donors (Lipinski definition) is 1. The number of thioether (sulfide) groups is 1. The highest BCUT2D eigenvalue weighted by Crippen LogP contribution is 2.20. The van der Waals surface area contributed by atoms with Crippen LogP contribution in [0.15, 0.2) is 42.5 Å². The molecule has 0 spiro atoms. The fourth-order valence-corrected chi connectivity index (χ4v) is 2.68. The minimum atomic E-state index is -0.252. The maximum Gasteiger partial charge on any atom is 0.234 e. The zero-order chi connectivity index (χ0) is 15.2. The lowest BCUT2D eigenvalue weighted by Crippen LogP contribution is -2.14. The topological polar surface area (TPSA) is 29.1 Å². The van der Waals surface area contributed by atoms with E-state index in [1.165, 1.54) is 23.9 Å². The van der Waals surface area contributed by atoms with E-state index in [1.807, 2.05) is 19.1 Å². The van der Waals surface area contributed by atoms with Crippen LogP contribution in [0.4, 0.5) is 10.1 Å². The molecule has 1 N–H and O–H groups in total. The molecule has 0 radical (unpaired) electrons. The van der Waals surface area contributed by atoms with Gasteiger partial charge in [0.15, 0.2) is 0 Å². The summed E-state index contributed by atoms with van der Waals surface area (Å²) in [6.07, 6.45) is 0. The second kappa shape index (κ2) is 7.48. The molecule has 0 saturated carbocycles. The third-order valence-electron chi connectivity index (χ3n) is 2.87. The van der Waals surface area contributed by atoms with Crippen LogP contribution in [-0.2, 0) is 10.5 Å². The van der Waals surface area contributed by atoms with Crippen molar-refractivity contribution < 1.29 is 9.18 Å². The van der Waals surface area contributed by atoms with Crippen molar-refractivity contribution in [2.75, 3.05) is 11.1 Å². The summed E-state index contributed by atoms with van der Waals surface area (Å²) in [6, 6.07) is 11.7. The molecule has 2 nitrogen and oxygen atoms in total. The SMILES string of the molecule is Cc1ccc(NC(=O)CSCc2ccc(F)cc2)cc1Cl. The fraction of sp³-hybridized carbons (Fsp3) is 0.188. The number of aryl methyl sites for hydroxylation is 1. The number of nitrogens with one attached hydrogen (secondary N) is 1. The van der Waals surface area contributed by atoms with Crippen LogP contribution in [0.25, 0.3) is 0 Å². The summed E-state index contributed by atoms with van der Waals surface area (Å²) < 4.78 is 12.8. The van der Waals surface area contributed by atoms with Gasteiger partial charge in [0.05, 0.1) is 5.75 Å². The molecule has 0 aromatic heterocycles. The minimum Gasteiger partial charge on any atom is -0.325 e. The van der Waals surface area contributed by atoms with Crippen molar-refractivity contribution in [2.24, 2.45) is 0 Å². The van der Waals surface area contributed by atoms with Crippen molar-refractivity contribution in [1.82, 2.24) is 0 Å². The summed E-state index contributed by atoms with van der Waals surface area (Å²) in [5.74, 6) is 0.672. The van der Waals surface area contributed by atoms with Crippen LogP contribution in [0.2, 0.25) is 5.02 Å². The first-order valence-electron chi connectivity index (χ1n) is 6.43. The first-order chi connectivity index (χ1) is 10.0. The Labute approximate surface area is 132 Å². The molecule has 0 unspecified atom stereocenters. The average Bonchev–Trinajstić information content (AvgIpc) is 2.45. The number of benzene rings is 2. The lowest BCUT2D eigenvalue weighted by Gasteiger charge is -2.07. The number of carbonyl (C=O) groups is 1. The van der Waals surface area contributed by atoms with Crippen LogP contribution in [0.5, 0.6) is 0 Å². The van der Waals surface area contributed by atoms with Crippen molar-refractivity contribution in [1.29, 1.82) is 0 Å². The van der Waals surface area contributed by atoms with E-state index in [4.69, 9.17) is 11.6 Å². The maximum absolute atomic E-state index is 12.8. The highest BCUT2D eigenvalue weighted by atomic mass is 35.5. The van der Waals surface area contributed by atoms with Crippen LogP contribution in [0, 0.1) is 12.7 Å². The predicted molar refractivity (Wildman–Crippen MR) is 87.4 cm³/mol. The van der Waals surface area contributed by atoms with Crippen molar-refractivity contribution in [2.45, 2.75) is 12.7 Å². The summed E-state index contributed by atoms with van der Waals surface area (Å²) in [5, 5.41) is 3.43.